The molecule has 0 aromatic carbocycles. The fourth-order valence-corrected chi connectivity index (χ4v) is 1.99. The first-order valence-electron chi connectivity index (χ1n) is 6.05. The van der Waals surface area contributed by atoms with Crippen LogP contribution < -0.4 is 5.32 Å². The Morgan fingerprint density at radius 2 is 1.74 bits per heavy atom. The highest BCUT2D eigenvalue weighted by Gasteiger charge is 2.07. The second-order valence-corrected chi connectivity index (χ2v) is 4.37. The van der Waals surface area contributed by atoms with Gasteiger partial charge in [-0.1, -0.05) is 0 Å². The molecule has 0 fully saturated rings. The van der Waals surface area contributed by atoms with E-state index in [2.05, 4.69) is 25.3 Å². The number of hydrogen-bond acceptors (Lipinski definition) is 5. The van der Waals surface area contributed by atoms with Crippen LogP contribution in [-0.2, 0) is 6.54 Å². The second-order valence-electron chi connectivity index (χ2n) is 4.37. The standard InChI is InChI=1S/C13H14N6/c1-9-7-19-8-10(2)18-12(19)11(17-9)6-16-13-14-4-3-5-15-13/h3-5,7-8H,6H2,1-2H3,(H,14,15,16). The molecule has 0 unspecified atom stereocenters. The van der Waals surface area contributed by atoms with Gasteiger partial charge in [-0.05, 0) is 19.9 Å². The number of aromatic nitrogens is 5. The van der Waals surface area contributed by atoms with Crippen LogP contribution in [0.4, 0.5) is 5.95 Å². The fourth-order valence-electron chi connectivity index (χ4n) is 1.99. The first-order chi connectivity index (χ1) is 9.22. The topological polar surface area (TPSA) is 68.0 Å². The quantitative estimate of drug-likeness (QED) is 0.771. The average Bonchev–Trinajstić information content (AvgIpc) is 2.77. The summed E-state index contributed by atoms with van der Waals surface area (Å²) < 4.78 is 2.00. The minimum absolute atomic E-state index is 0.547. The van der Waals surface area contributed by atoms with E-state index in [1.807, 2.05) is 30.6 Å². The highest BCUT2D eigenvalue weighted by molar-refractivity contribution is 5.47. The van der Waals surface area contributed by atoms with Gasteiger partial charge in [0.1, 0.15) is 5.69 Å². The van der Waals surface area contributed by atoms with Crippen molar-refractivity contribution in [2.75, 3.05) is 5.32 Å². The van der Waals surface area contributed by atoms with E-state index in [0.717, 1.165) is 22.7 Å². The van der Waals surface area contributed by atoms with Gasteiger partial charge in [0.15, 0.2) is 5.65 Å². The van der Waals surface area contributed by atoms with Gasteiger partial charge in [-0.15, -0.1) is 0 Å². The van der Waals surface area contributed by atoms with E-state index in [4.69, 9.17) is 0 Å². The molecule has 0 aliphatic carbocycles. The lowest BCUT2D eigenvalue weighted by atomic mass is 10.4. The van der Waals surface area contributed by atoms with Crippen molar-refractivity contribution in [3.8, 4) is 0 Å². The van der Waals surface area contributed by atoms with Crippen molar-refractivity contribution in [3.63, 3.8) is 0 Å². The number of rotatable bonds is 3. The number of nitrogens with one attached hydrogen (secondary N) is 1. The van der Waals surface area contributed by atoms with Crippen molar-refractivity contribution in [1.82, 2.24) is 24.3 Å². The van der Waals surface area contributed by atoms with Crippen molar-refractivity contribution in [2.45, 2.75) is 20.4 Å². The van der Waals surface area contributed by atoms with Gasteiger partial charge in [0.05, 0.1) is 17.9 Å². The molecule has 19 heavy (non-hydrogen) atoms. The second kappa shape index (κ2) is 4.64. The summed E-state index contributed by atoms with van der Waals surface area (Å²) in [5.41, 5.74) is 3.69. The molecule has 3 aromatic rings. The SMILES string of the molecule is Cc1cn2cc(C)nc2c(CNc2ncccn2)n1. The first-order valence-corrected chi connectivity index (χ1v) is 6.05. The number of nitrogens with zero attached hydrogens (tertiary/aromatic N) is 5. The van der Waals surface area contributed by atoms with Gasteiger partial charge in [-0.2, -0.15) is 0 Å². The van der Waals surface area contributed by atoms with E-state index in [0.29, 0.717) is 12.5 Å². The van der Waals surface area contributed by atoms with Crippen LogP contribution >= 0.6 is 0 Å². The van der Waals surface area contributed by atoms with Crippen LogP contribution in [0.5, 0.6) is 0 Å². The van der Waals surface area contributed by atoms with Crippen LogP contribution in [0.2, 0.25) is 0 Å². The van der Waals surface area contributed by atoms with Crippen LogP contribution in [0, 0.1) is 13.8 Å². The van der Waals surface area contributed by atoms with E-state index in [9.17, 15) is 0 Å². The fraction of sp³-hybridized carbons (Fsp3) is 0.231. The molecule has 0 saturated heterocycles. The van der Waals surface area contributed by atoms with E-state index in [1.54, 1.807) is 18.5 Å². The monoisotopic (exact) mass is 254 g/mol. The van der Waals surface area contributed by atoms with Crippen molar-refractivity contribution in [3.05, 3.63) is 47.9 Å². The molecule has 0 bridgehead atoms. The summed E-state index contributed by atoms with van der Waals surface area (Å²) in [6.45, 7) is 4.49. The Morgan fingerprint density at radius 1 is 1.05 bits per heavy atom. The molecule has 96 valence electrons. The third-order valence-corrected chi connectivity index (χ3v) is 2.73. The molecule has 0 spiro atoms. The summed E-state index contributed by atoms with van der Waals surface area (Å²) in [5.74, 6) is 0.590. The molecule has 0 radical (unpaired) electrons. The summed E-state index contributed by atoms with van der Waals surface area (Å²) in [6, 6.07) is 1.78. The number of fused-ring (bicyclic) bond motifs is 1. The lowest BCUT2D eigenvalue weighted by Gasteiger charge is -2.06. The minimum Gasteiger partial charge on any atom is -0.348 e. The smallest absolute Gasteiger partial charge is 0.222 e. The van der Waals surface area contributed by atoms with E-state index >= 15 is 0 Å². The van der Waals surface area contributed by atoms with Gasteiger partial charge < -0.3 is 9.72 Å². The van der Waals surface area contributed by atoms with Crippen LogP contribution in [0.25, 0.3) is 5.65 Å². The molecule has 1 N–H and O–H groups in total. The lowest BCUT2D eigenvalue weighted by Crippen LogP contribution is -2.07. The Morgan fingerprint density at radius 3 is 2.47 bits per heavy atom. The van der Waals surface area contributed by atoms with Gasteiger partial charge in [-0.3, -0.25) is 4.98 Å². The Hall–Kier alpha value is -2.50. The van der Waals surface area contributed by atoms with E-state index in [1.165, 1.54) is 0 Å². The molecule has 6 nitrogen and oxygen atoms in total. The summed E-state index contributed by atoms with van der Waals surface area (Å²) in [7, 11) is 0. The summed E-state index contributed by atoms with van der Waals surface area (Å²) in [4.78, 5) is 17.3. The predicted octanol–water partition coefficient (Wildman–Crippen LogP) is 1.75. The van der Waals surface area contributed by atoms with Crippen molar-refractivity contribution in [2.24, 2.45) is 0 Å². The zero-order chi connectivity index (χ0) is 13.2. The van der Waals surface area contributed by atoms with Gasteiger partial charge in [-0.25, -0.2) is 15.0 Å². The highest BCUT2D eigenvalue weighted by Crippen LogP contribution is 2.11. The maximum Gasteiger partial charge on any atom is 0.222 e. The molecule has 0 amide bonds. The average molecular weight is 254 g/mol. The maximum atomic E-state index is 4.53. The third-order valence-electron chi connectivity index (χ3n) is 2.73. The maximum absolute atomic E-state index is 4.53. The van der Waals surface area contributed by atoms with Crippen LogP contribution in [0.15, 0.2) is 30.9 Å². The summed E-state index contributed by atoms with van der Waals surface area (Å²) >= 11 is 0. The highest BCUT2D eigenvalue weighted by atomic mass is 15.1. The number of imidazole rings is 1. The van der Waals surface area contributed by atoms with Crippen molar-refractivity contribution >= 4 is 11.6 Å². The van der Waals surface area contributed by atoms with Crippen LogP contribution in [0.3, 0.4) is 0 Å². The molecule has 3 heterocycles. The summed E-state index contributed by atoms with van der Waals surface area (Å²) in [5, 5.41) is 3.15. The van der Waals surface area contributed by atoms with Gasteiger partial charge >= 0.3 is 0 Å². The lowest BCUT2D eigenvalue weighted by molar-refractivity contribution is 0.951. The van der Waals surface area contributed by atoms with Gasteiger partial charge in [0.25, 0.3) is 0 Å². The number of hydrogen-bond donors (Lipinski definition) is 1. The molecular formula is C13H14N6. The van der Waals surface area contributed by atoms with Crippen LogP contribution in [-0.4, -0.2) is 24.3 Å². The number of anilines is 1. The molecule has 3 rings (SSSR count). The minimum atomic E-state index is 0.547. The third kappa shape index (κ3) is 2.37. The zero-order valence-electron chi connectivity index (χ0n) is 10.8. The molecule has 0 atom stereocenters. The predicted molar refractivity (Wildman–Crippen MR) is 71.8 cm³/mol. The largest absolute Gasteiger partial charge is 0.348 e. The van der Waals surface area contributed by atoms with E-state index in [-0.39, 0.29) is 0 Å². The van der Waals surface area contributed by atoms with Crippen molar-refractivity contribution in [1.29, 1.82) is 0 Å². The Kier molecular flexibility index (Phi) is 2.83. The Labute approximate surface area is 110 Å². The zero-order valence-corrected chi connectivity index (χ0v) is 10.8. The summed E-state index contributed by atoms with van der Waals surface area (Å²) in [6.07, 6.45) is 7.37. The first kappa shape index (κ1) is 11.6. The molecule has 0 aliphatic rings. The Balaban J connectivity index is 1.92. The molecule has 3 aromatic heterocycles. The van der Waals surface area contributed by atoms with E-state index < -0.39 is 0 Å². The Bertz CT molecular complexity index is 704. The van der Waals surface area contributed by atoms with Crippen molar-refractivity contribution < 1.29 is 0 Å². The molecule has 6 heteroatoms. The van der Waals surface area contributed by atoms with Crippen LogP contribution in [0.1, 0.15) is 17.1 Å². The van der Waals surface area contributed by atoms with Gasteiger partial charge in [0.2, 0.25) is 5.95 Å². The van der Waals surface area contributed by atoms with Gasteiger partial charge in [0, 0.05) is 24.8 Å². The molecule has 0 saturated carbocycles. The molecular weight excluding hydrogens is 240 g/mol. The normalized spacial score (nSPS) is 10.8. The molecule has 0 aliphatic heterocycles. The number of aryl methyl sites for hydroxylation is 2.